The number of aryl methyl sites for hydroxylation is 2. The molecule has 1 unspecified atom stereocenters. The Morgan fingerprint density at radius 3 is 2.82 bits per heavy atom. The number of nitrogens with one attached hydrogen (secondary N) is 1. The van der Waals surface area contributed by atoms with Gasteiger partial charge in [0.05, 0.1) is 5.92 Å². The third-order valence-corrected chi connectivity index (χ3v) is 3.62. The maximum absolute atomic E-state index is 11.8. The van der Waals surface area contributed by atoms with Gasteiger partial charge in [0.1, 0.15) is 6.33 Å². The first-order valence-electron chi connectivity index (χ1n) is 7.05. The van der Waals surface area contributed by atoms with Gasteiger partial charge >= 0.3 is 5.97 Å². The highest BCUT2D eigenvalue weighted by atomic mass is 16.4. The van der Waals surface area contributed by atoms with E-state index in [-0.39, 0.29) is 18.9 Å². The van der Waals surface area contributed by atoms with E-state index in [4.69, 9.17) is 5.11 Å². The molecule has 2 rings (SSSR count). The lowest BCUT2D eigenvalue weighted by Crippen LogP contribution is -2.31. The van der Waals surface area contributed by atoms with Crippen LogP contribution in [-0.4, -0.2) is 43.1 Å². The third-order valence-electron chi connectivity index (χ3n) is 3.62. The Morgan fingerprint density at radius 1 is 1.41 bits per heavy atom. The molecule has 8 nitrogen and oxygen atoms in total. The van der Waals surface area contributed by atoms with Crippen LogP contribution in [0.3, 0.4) is 0 Å². The lowest BCUT2D eigenvalue weighted by molar-refractivity contribution is -0.141. The van der Waals surface area contributed by atoms with Crippen LogP contribution in [0, 0.1) is 19.8 Å². The van der Waals surface area contributed by atoms with Crippen molar-refractivity contribution in [2.75, 3.05) is 6.54 Å². The lowest BCUT2D eigenvalue weighted by Gasteiger charge is -2.11. The second-order valence-corrected chi connectivity index (χ2v) is 5.28. The number of hydrogen-bond acceptors (Lipinski definition) is 5. The van der Waals surface area contributed by atoms with Crippen molar-refractivity contribution in [1.29, 1.82) is 0 Å². The molecule has 0 saturated carbocycles. The Balaban J connectivity index is 1.99. The number of carboxylic acid groups (broad SMARTS) is 1. The number of fused-ring (bicyclic) bond motifs is 1. The summed E-state index contributed by atoms with van der Waals surface area (Å²) in [6, 6.07) is 0. The van der Waals surface area contributed by atoms with E-state index in [1.165, 1.54) is 6.33 Å². The number of carbonyl (C=O) groups is 2. The highest BCUT2D eigenvalue weighted by Gasteiger charge is 2.14. The Morgan fingerprint density at radius 2 is 2.14 bits per heavy atom. The molecular formula is C14H19N5O3. The number of aromatic nitrogens is 4. The van der Waals surface area contributed by atoms with Crippen molar-refractivity contribution in [3.05, 3.63) is 23.3 Å². The second kappa shape index (κ2) is 6.50. The molecule has 0 saturated heterocycles. The maximum atomic E-state index is 11.8. The predicted molar refractivity (Wildman–Crippen MR) is 78.4 cm³/mol. The van der Waals surface area contributed by atoms with E-state index in [0.29, 0.717) is 12.2 Å². The molecule has 1 atom stereocenters. The summed E-state index contributed by atoms with van der Waals surface area (Å²) in [4.78, 5) is 30.9. The quantitative estimate of drug-likeness (QED) is 0.804. The first-order chi connectivity index (χ1) is 10.4. The minimum atomic E-state index is -0.923. The summed E-state index contributed by atoms with van der Waals surface area (Å²) in [6.07, 6.45) is 2.24. The fourth-order valence-corrected chi connectivity index (χ4v) is 2.20. The number of rotatable bonds is 6. The molecule has 0 aromatic carbocycles. The van der Waals surface area contributed by atoms with E-state index in [9.17, 15) is 9.59 Å². The Kier molecular flexibility index (Phi) is 4.69. The minimum absolute atomic E-state index is 0.131. The van der Waals surface area contributed by atoms with Crippen molar-refractivity contribution < 1.29 is 14.7 Å². The summed E-state index contributed by atoms with van der Waals surface area (Å²) in [6.45, 7) is 5.48. The van der Waals surface area contributed by atoms with Crippen molar-refractivity contribution in [1.82, 2.24) is 24.9 Å². The van der Waals surface area contributed by atoms with E-state index in [1.807, 2.05) is 13.8 Å². The van der Waals surface area contributed by atoms with Gasteiger partial charge in [0.2, 0.25) is 5.91 Å². The highest BCUT2D eigenvalue weighted by Crippen LogP contribution is 2.14. The maximum Gasteiger partial charge on any atom is 0.308 e. The summed E-state index contributed by atoms with van der Waals surface area (Å²) in [5, 5.41) is 15.5. The number of hydrogen-bond donors (Lipinski definition) is 2. The first kappa shape index (κ1) is 15.9. The van der Waals surface area contributed by atoms with Gasteiger partial charge in [-0.2, -0.15) is 10.1 Å². The monoisotopic (exact) mass is 305 g/mol. The van der Waals surface area contributed by atoms with Gasteiger partial charge in [-0.25, -0.2) is 9.50 Å². The van der Waals surface area contributed by atoms with Gasteiger partial charge in [-0.1, -0.05) is 6.92 Å². The van der Waals surface area contributed by atoms with Gasteiger partial charge < -0.3 is 10.4 Å². The van der Waals surface area contributed by atoms with Crippen LogP contribution in [0.25, 0.3) is 5.78 Å². The molecule has 0 aliphatic rings. The smallest absolute Gasteiger partial charge is 0.308 e. The largest absolute Gasteiger partial charge is 0.481 e. The van der Waals surface area contributed by atoms with Crippen LogP contribution >= 0.6 is 0 Å². The van der Waals surface area contributed by atoms with Crippen molar-refractivity contribution in [2.45, 2.75) is 33.6 Å². The molecule has 0 aliphatic carbocycles. The van der Waals surface area contributed by atoms with E-state index in [1.54, 1.807) is 11.4 Å². The normalized spacial score (nSPS) is 12.3. The molecular weight excluding hydrogens is 286 g/mol. The average Bonchev–Trinajstić information content (AvgIpc) is 2.92. The predicted octanol–water partition coefficient (Wildman–Crippen LogP) is 0.511. The molecule has 8 heteroatoms. The molecule has 2 N–H and O–H groups in total. The van der Waals surface area contributed by atoms with Crippen LogP contribution in [0.2, 0.25) is 0 Å². The third kappa shape index (κ3) is 3.38. The zero-order valence-corrected chi connectivity index (χ0v) is 12.8. The van der Waals surface area contributed by atoms with E-state index >= 15 is 0 Å². The van der Waals surface area contributed by atoms with E-state index in [0.717, 1.165) is 17.0 Å². The molecule has 0 aliphatic heterocycles. The molecule has 0 fully saturated rings. The summed E-state index contributed by atoms with van der Waals surface area (Å²) < 4.78 is 1.65. The molecule has 118 valence electrons. The molecule has 2 heterocycles. The van der Waals surface area contributed by atoms with Crippen LogP contribution in [0.1, 0.15) is 30.3 Å². The lowest BCUT2D eigenvalue weighted by atomic mass is 10.1. The standard InChI is InChI=1S/C14H19N5O3/c1-8(13(21)22)6-15-12(20)5-4-11-9(2)18-14-16-7-17-19(14)10(11)3/h7-8H,4-6H2,1-3H3,(H,15,20)(H,21,22). The molecule has 0 spiro atoms. The zero-order valence-electron chi connectivity index (χ0n) is 12.8. The van der Waals surface area contributed by atoms with Gasteiger partial charge in [-0.15, -0.1) is 0 Å². The first-order valence-corrected chi connectivity index (χ1v) is 7.05. The topological polar surface area (TPSA) is 109 Å². The zero-order chi connectivity index (χ0) is 16.3. The van der Waals surface area contributed by atoms with Crippen LogP contribution in [0.4, 0.5) is 0 Å². The van der Waals surface area contributed by atoms with E-state index < -0.39 is 11.9 Å². The van der Waals surface area contributed by atoms with Crippen molar-refractivity contribution in [3.8, 4) is 0 Å². The number of carbonyl (C=O) groups excluding carboxylic acids is 1. The molecule has 1 amide bonds. The van der Waals surface area contributed by atoms with Crippen LogP contribution in [0.15, 0.2) is 6.33 Å². The average molecular weight is 305 g/mol. The number of aliphatic carboxylic acids is 1. The molecule has 2 aromatic heterocycles. The van der Waals surface area contributed by atoms with Crippen molar-refractivity contribution >= 4 is 17.7 Å². The van der Waals surface area contributed by atoms with Crippen LogP contribution in [0.5, 0.6) is 0 Å². The van der Waals surface area contributed by atoms with Crippen molar-refractivity contribution in [2.24, 2.45) is 5.92 Å². The Hall–Kier alpha value is -2.51. The summed E-state index contributed by atoms with van der Waals surface area (Å²) in [5.74, 6) is -1.16. The van der Waals surface area contributed by atoms with Gasteiger partial charge in [0.25, 0.3) is 5.78 Å². The van der Waals surface area contributed by atoms with E-state index in [2.05, 4.69) is 20.4 Å². The van der Waals surface area contributed by atoms with Crippen LogP contribution in [-0.2, 0) is 16.0 Å². The SMILES string of the molecule is Cc1nc2ncnn2c(C)c1CCC(=O)NCC(C)C(=O)O. The summed E-state index contributed by atoms with van der Waals surface area (Å²) in [7, 11) is 0. The summed E-state index contributed by atoms with van der Waals surface area (Å²) >= 11 is 0. The molecule has 0 bridgehead atoms. The Labute approximate surface area is 127 Å². The van der Waals surface area contributed by atoms with Gasteiger partial charge in [-0.3, -0.25) is 9.59 Å². The number of carboxylic acids is 1. The number of amides is 1. The molecule has 2 aromatic rings. The molecule has 0 radical (unpaired) electrons. The van der Waals surface area contributed by atoms with Crippen LogP contribution < -0.4 is 5.32 Å². The second-order valence-electron chi connectivity index (χ2n) is 5.28. The van der Waals surface area contributed by atoms with Gasteiger partial charge in [-0.05, 0) is 25.8 Å². The summed E-state index contributed by atoms with van der Waals surface area (Å²) in [5.41, 5.74) is 2.69. The highest BCUT2D eigenvalue weighted by molar-refractivity contribution is 5.77. The fourth-order valence-electron chi connectivity index (χ4n) is 2.20. The van der Waals surface area contributed by atoms with Gasteiger partial charge in [0, 0.05) is 24.4 Å². The minimum Gasteiger partial charge on any atom is -0.481 e. The Bertz CT molecular complexity index is 710. The van der Waals surface area contributed by atoms with Crippen molar-refractivity contribution in [3.63, 3.8) is 0 Å². The fraction of sp³-hybridized carbons (Fsp3) is 0.500. The number of nitrogens with zero attached hydrogens (tertiary/aromatic N) is 4. The molecule has 22 heavy (non-hydrogen) atoms. The van der Waals surface area contributed by atoms with Gasteiger partial charge in [0.15, 0.2) is 0 Å².